The van der Waals surface area contributed by atoms with Crippen LogP contribution in [0.25, 0.3) is 0 Å². The topological polar surface area (TPSA) is 41.1 Å². The Bertz CT molecular complexity index is 395. The minimum atomic E-state index is 0.139. The predicted molar refractivity (Wildman–Crippen MR) is 80.4 cm³/mol. The number of thiophene rings is 1. The van der Waals surface area contributed by atoms with Gasteiger partial charge in [0.15, 0.2) is 0 Å². The van der Waals surface area contributed by atoms with E-state index in [1.54, 1.807) is 11.3 Å². The number of hydrogen-bond donors (Lipinski definition) is 2. The Kier molecular flexibility index (Phi) is 5.86. The fraction of sp³-hybridized carbons (Fsp3) is 0.667. The van der Waals surface area contributed by atoms with E-state index in [9.17, 15) is 4.79 Å². The molecule has 1 aliphatic carbocycles. The summed E-state index contributed by atoms with van der Waals surface area (Å²) in [6.07, 6.45) is 7.45. The molecule has 3 nitrogen and oxygen atoms in total. The molecule has 0 radical (unpaired) electrons. The van der Waals surface area contributed by atoms with Crippen LogP contribution in [0.3, 0.4) is 0 Å². The Morgan fingerprint density at radius 2 is 2.00 bits per heavy atom. The van der Waals surface area contributed by atoms with E-state index in [4.69, 9.17) is 0 Å². The van der Waals surface area contributed by atoms with Crippen molar-refractivity contribution in [3.8, 4) is 0 Å². The number of hydrogen-bond acceptors (Lipinski definition) is 3. The molecule has 0 aliphatic heterocycles. The summed E-state index contributed by atoms with van der Waals surface area (Å²) >= 11 is 1.72. The summed E-state index contributed by atoms with van der Waals surface area (Å²) in [5, 5.41) is 10.7. The second-order valence-electron chi connectivity index (χ2n) is 5.44. The Hall–Kier alpha value is -0.870. The first-order chi connectivity index (χ1) is 9.25. The van der Waals surface area contributed by atoms with Crippen molar-refractivity contribution in [2.24, 2.45) is 0 Å². The van der Waals surface area contributed by atoms with E-state index >= 15 is 0 Å². The normalized spacial score (nSPS) is 17.1. The Labute approximate surface area is 119 Å². The maximum atomic E-state index is 11.9. The average molecular weight is 280 g/mol. The van der Waals surface area contributed by atoms with Crippen molar-refractivity contribution in [1.29, 1.82) is 0 Å². The number of carbonyl (C=O) groups is 1. The maximum Gasteiger partial charge on any atom is 0.234 e. The minimum Gasteiger partial charge on any atom is -0.352 e. The van der Waals surface area contributed by atoms with Crippen LogP contribution in [0, 0.1) is 6.92 Å². The van der Waals surface area contributed by atoms with Crippen LogP contribution in [0.4, 0.5) is 0 Å². The van der Waals surface area contributed by atoms with E-state index in [0.29, 0.717) is 12.6 Å². The van der Waals surface area contributed by atoms with Crippen LogP contribution in [0.2, 0.25) is 0 Å². The lowest BCUT2D eigenvalue weighted by Crippen LogP contribution is -2.40. The molecule has 0 bridgehead atoms. The zero-order chi connectivity index (χ0) is 13.5. The van der Waals surface area contributed by atoms with Crippen molar-refractivity contribution in [3.05, 3.63) is 21.9 Å². The molecule has 0 atom stereocenters. The van der Waals surface area contributed by atoms with Gasteiger partial charge >= 0.3 is 0 Å². The van der Waals surface area contributed by atoms with Crippen LogP contribution in [-0.2, 0) is 11.3 Å². The third-order valence-electron chi connectivity index (χ3n) is 3.78. The predicted octanol–water partition coefficient (Wildman–Crippen LogP) is 2.99. The van der Waals surface area contributed by atoms with E-state index in [2.05, 4.69) is 28.3 Å². The highest BCUT2D eigenvalue weighted by Gasteiger charge is 2.14. The monoisotopic (exact) mass is 280 g/mol. The van der Waals surface area contributed by atoms with Gasteiger partial charge in [-0.1, -0.05) is 25.7 Å². The molecule has 1 saturated carbocycles. The molecule has 4 heteroatoms. The van der Waals surface area contributed by atoms with Gasteiger partial charge in [-0.2, -0.15) is 11.3 Å². The molecular formula is C15H24N2OS. The molecule has 106 valence electrons. The number of nitrogens with one attached hydrogen (secondary N) is 2. The summed E-state index contributed by atoms with van der Waals surface area (Å²) in [5.74, 6) is 0.139. The van der Waals surface area contributed by atoms with Gasteiger partial charge in [-0.3, -0.25) is 4.79 Å². The zero-order valence-electron chi connectivity index (χ0n) is 11.7. The molecule has 0 aromatic carbocycles. The highest BCUT2D eigenvalue weighted by Crippen LogP contribution is 2.17. The van der Waals surface area contributed by atoms with Crippen molar-refractivity contribution in [3.63, 3.8) is 0 Å². The summed E-state index contributed by atoms with van der Waals surface area (Å²) in [4.78, 5) is 11.9. The summed E-state index contributed by atoms with van der Waals surface area (Å²) < 4.78 is 0. The lowest BCUT2D eigenvalue weighted by Gasteiger charge is -2.16. The van der Waals surface area contributed by atoms with Gasteiger partial charge in [0, 0.05) is 12.6 Å². The Morgan fingerprint density at radius 3 is 2.63 bits per heavy atom. The highest BCUT2D eigenvalue weighted by atomic mass is 32.1. The van der Waals surface area contributed by atoms with Crippen LogP contribution in [0.1, 0.15) is 49.7 Å². The molecule has 2 N–H and O–H groups in total. The largest absolute Gasteiger partial charge is 0.352 e. The number of carbonyl (C=O) groups excluding carboxylic acids is 1. The van der Waals surface area contributed by atoms with Gasteiger partial charge in [0.2, 0.25) is 5.91 Å². The van der Waals surface area contributed by atoms with Gasteiger partial charge < -0.3 is 10.6 Å². The van der Waals surface area contributed by atoms with Crippen molar-refractivity contribution < 1.29 is 4.79 Å². The summed E-state index contributed by atoms with van der Waals surface area (Å²) in [6.45, 7) is 3.32. The molecule has 1 fully saturated rings. The summed E-state index contributed by atoms with van der Waals surface area (Å²) in [7, 11) is 0. The molecule has 1 aliphatic rings. The van der Waals surface area contributed by atoms with E-state index < -0.39 is 0 Å². The number of rotatable bonds is 5. The lowest BCUT2D eigenvalue weighted by molar-refractivity contribution is -0.121. The minimum absolute atomic E-state index is 0.139. The van der Waals surface area contributed by atoms with Crippen molar-refractivity contribution in [2.45, 2.75) is 58.0 Å². The van der Waals surface area contributed by atoms with Crippen molar-refractivity contribution >= 4 is 17.2 Å². The van der Waals surface area contributed by atoms with Crippen LogP contribution >= 0.6 is 11.3 Å². The van der Waals surface area contributed by atoms with Gasteiger partial charge in [0.25, 0.3) is 0 Å². The second kappa shape index (κ2) is 7.65. The molecule has 0 saturated heterocycles. The van der Waals surface area contributed by atoms with Crippen LogP contribution in [-0.4, -0.2) is 18.5 Å². The quantitative estimate of drug-likeness (QED) is 0.814. The average Bonchev–Trinajstić information content (AvgIpc) is 2.65. The van der Waals surface area contributed by atoms with Crippen LogP contribution in [0.5, 0.6) is 0 Å². The van der Waals surface area contributed by atoms with Crippen molar-refractivity contribution in [2.75, 3.05) is 6.54 Å². The van der Waals surface area contributed by atoms with Gasteiger partial charge in [0.1, 0.15) is 0 Å². The summed E-state index contributed by atoms with van der Waals surface area (Å²) in [5.41, 5.74) is 2.61. The van der Waals surface area contributed by atoms with Gasteiger partial charge in [-0.15, -0.1) is 0 Å². The molecule has 1 amide bonds. The van der Waals surface area contributed by atoms with Crippen LogP contribution < -0.4 is 10.6 Å². The fourth-order valence-corrected chi connectivity index (χ4v) is 3.44. The van der Waals surface area contributed by atoms with E-state index in [-0.39, 0.29) is 5.91 Å². The first-order valence-corrected chi connectivity index (χ1v) is 8.22. The molecule has 0 spiro atoms. The number of aryl methyl sites for hydroxylation is 1. The molecule has 0 unspecified atom stereocenters. The molecule has 1 aromatic rings. The summed E-state index contributed by atoms with van der Waals surface area (Å²) in [6, 6.07) is 0.402. The van der Waals surface area contributed by atoms with Gasteiger partial charge in [-0.05, 0) is 41.7 Å². The highest BCUT2D eigenvalue weighted by molar-refractivity contribution is 7.08. The standard InChI is InChI=1S/C15H24N2OS/c1-12-10-19-11-13(12)8-16-9-15(18)17-14-6-4-2-3-5-7-14/h10-11,14,16H,2-9H2,1H3,(H,17,18). The maximum absolute atomic E-state index is 11.9. The third-order valence-corrected chi connectivity index (χ3v) is 4.69. The SMILES string of the molecule is Cc1cscc1CNCC(=O)NC1CCCCCC1. The molecule has 1 aromatic heterocycles. The first-order valence-electron chi connectivity index (χ1n) is 7.27. The lowest BCUT2D eigenvalue weighted by atomic mass is 10.1. The molecule has 19 heavy (non-hydrogen) atoms. The fourth-order valence-electron chi connectivity index (χ4n) is 2.58. The molecule has 1 heterocycles. The Morgan fingerprint density at radius 1 is 1.26 bits per heavy atom. The third kappa shape index (κ3) is 4.96. The van der Waals surface area contributed by atoms with E-state index in [1.165, 1.54) is 36.8 Å². The number of amides is 1. The Balaban J connectivity index is 1.65. The van der Waals surface area contributed by atoms with E-state index in [1.807, 2.05) is 0 Å². The van der Waals surface area contributed by atoms with Gasteiger partial charge in [-0.25, -0.2) is 0 Å². The molecule has 2 rings (SSSR count). The van der Waals surface area contributed by atoms with E-state index in [0.717, 1.165) is 19.4 Å². The first kappa shape index (κ1) is 14.5. The van der Waals surface area contributed by atoms with Gasteiger partial charge in [0.05, 0.1) is 6.54 Å². The zero-order valence-corrected chi connectivity index (χ0v) is 12.5. The molecular weight excluding hydrogens is 256 g/mol. The van der Waals surface area contributed by atoms with Crippen molar-refractivity contribution in [1.82, 2.24) is 10.6 Å². The van der Waals surface area contributed by atoms with Crippen LogP contribution in [0.15, 0.2) is 10.8 Å². The smallest absolute Gasteiger partial charge is 0.234 e. The second-order valence-corrected chi connectivity index (χ2v) is 6.18.